The van der Waals surface area contributed by atoms with E-state index < -0.39 is 0 Å². The third-order valence-electron chi connectivity index (χ3n) is 7.63. The van der Waals surface area contributed by atoms with E-state index >= 15 is 0 Å². The molecular formula is C26H36N6O2S. The van der Waals surface area contributed by atoms with E-state index in [2.05, 4.69) is 39.9 Å². The number of nitrogens with one attached hydrogen (secondary N) is 1. The molecule has 8 nitrogen and oxygen atoms in total. The predicted molar refractivity (Wildman–Crippen MR) is 139 cm³/mol. The van der Waals surface area contributed by atoms with Crippen molar-refractivity contribution in [3.8, 4) is 0 Å². The molecule has 1 amide bonds. The van der Waals surface area contributed by atoms with Crippen LogP contribution in [0.5, 0.6) is 0 Å². The average Bonchev–Trinajstić information content (AvgIpc) is 3.53. The quantitative estimate of drug-likeness (QED) is 0.479. The number of piperidine rings is 1. The number of hydrogen-bond acceptors (Lipinski definition) is 7. The van der Waals surface area contributed by atoms with Crippen LogP contribution in [0.1, 0.15) is 93.2 Å². The third kappa shape index (κ3) is 5.21. The van der Waals surface area contributed by atoms with Gasteiger partial charge in [0.25, 0.3) is 5.91 Å². The van der Waals surface area contributed by atoms with Gasteiger partial charge in [-0.3, -0.25) is 4.79 Å². The van der Waals surface area contributed by atoms with E-state index in [4.69, 9.17) is 4.98 Å². The fraction of sp³-hybridized carbons (Fsp3) is 0.615. The highest BCUT2D eigenvalue weighted by Crippen LogP contribution is 2.38. The molecule has 5 rings (SSSR count). The van der Waals surface area contributed by atoms with E-state index in [0.29, 0.717) is 29.6 Å². The molecule has 2 aliphatic rings. The van der Waals surface area contributed by atoms with E-state index in [1.807, 2.05) is 16.5 Å². The highest BCUT2D eigenvalue weighted by Gasteiger charge is 2.30. The van der Waals surface area contributed by atoms with Gasteiger partial charge in [-0.2, -0.15) is 4.98 Å². The van der Waals surface area contributed by atoms with Gasteiger partial charge in [0.2, 0.25) is 5.95 Å². The maximum Gasteiger partial charge on any atom is 0.273 e. The number of likely N-dealkylation sites (tertiary alicyclic amines) is 1. The van der Waals surface area contributed by atoms with Crippen LogP contribution >= 0.6 is 11.3 Å². The molecule has 2 fully saturated rings. The Morgan fingerprint density at radius 1 is 1.20 bits per heavy atom. The Hall–Kier alpha value is -2.52. The summed E-state index contributed by atoms with van der Waals surface area (Å²) in [6.45, 7) is 5.83. The van der Waals surface area contributed by atoms with Crippen molar-refractivity contribution >= 4 is 34.2 Å². The van der Waals surface area contributed by atoms with Crippen molar-refractivity contribution in [2.45, 2.75) is 89.3 Å². The second kappa shape index (κ2) is 10.6. The molecule has 0 aromatic carbocycles. The summed E-state index contributed by atoms with van der Waals surface area (Å²) >= 11 is 1.46. The van der Waals surface area contributed by atoms with Crippen molar-refractivity contribution in [3.63, 3.8) is 0 Å². The van der Waals surface area contributed by atoms with Gasteiger partial charge < -0.3 is 19.9 Å². The normalized spacial score (nSPS) is 22.4. The maximum atomic E-state index is 12.7. The number of amides is 1. The summed E-state index contributed by atoms with van der Waals surface area (Å²) in [6.07, 6.45) is 11.7. The fourth-order valence-corrected chi connectivity index (χ4v) is 6.19. The first kappa shape index (κ1) is 24.2. The van der Waals surface area contributed by atoms with Gasteiger partial charge in [-0.25, -0.2) is 9.97 Å². The second-order valence-corrected chi connectivity index (χ2v) is 10.9. The van der Waals surface area contributed by atoms with E-state index in [0.717, 1.165) is 75.5 Å². The molecule has 188 valence electrons. The number of carbonyl (C=O) groups is 1. The van der Waals surface area contributed by atoms with Gasteiger partial charge >= 0.3 is 0 Å². The Labute approximate surface area is 210 Å². The van der Waals surface area contributed by atoms with Gasteiger partial charge in [-0.15, -0.1) is 11.3 Å². The molecule has 9 heteroatoms. The van der Waals surface area contributed by atoms with Gasteiger partial charge in [0, 0.05) is 48.3 Å². The highest BCUT2D eigenvalue weighted by molar-refractivity contribution is 7.07. The third-order valence-corrected chi connectivity index (χ3v) is 8.22. The lowest BCUT2D eigenvalue weighted by molar-refractivity contribution is 0.0708. The van der Waals surface area contributed by atoms with Gasteiger partial charge in [-0.05, 0) is 63.4 Å². The minimum Gasteiger partial charge on any atom is -0.393 e. The number of hydrogen-bond donors (Lipinski definition) is 2. The molecule has 1 atom stereocenters. The first-order chi connectivity index (χ1) is 17.0. The van der Waals surface area contributed by atoms with Gasteiger partial charge in [-0.1, -0.05) is 13.3 Å². The molecule has 4 heterocycles. The lowest BCUT2D eigenvalue weighted by Crippen LogP contribution is -2.38. The lowest BCUT2D eigenvalue weighted by atomic mass is 9.89. The van der Waals surface area contributed by atoms with Gasteiger partial charge in [0.15, 0.2) is 0 Å². The number of nitrogens with zero attached hydrogens (tertiary/aromatic N) is 5. The summed E-state index contributed by atoms with van der Waals surface area (Å²) in [5.41, 5.74) is 4.55. The van der Waals surface area contributed by atoms with E-state index in [1.54, 1.807) is 5.51 Å². The van der Waals surface area contributed by atoms with Crippen molar-refractivity contribution in [1.82, 2.24) is 24.4 Å². The second-order valence-electron chi connectivity index (χ2n) is 10.2. The monoisotopic (exact) mass is 496 g/mol. The summed E-state index contributed by atoms with van der Waals surface area (Å²) in [4.78, 5) is 28.5. The Bertz CT molecular complexity index is 1130. The molecule has 1 aliphatic carbocycles. The largest absolute Gasteiger partial charge is 0.393 e. The number of thiazole rings is 1. The van der Waals surface area contributed by atoms with Crippen LogP contribution in [-0.4, -0.2) is 60.7 Å². The maximum absolute atomic E-state index is 12.7. The highest BCUT2D eigenvalue weighted by atomic mass is 32.1. The summed E-state index contributed by atoms with van der Waals surface area (Å²) in [7, 11) is 0. The number of aliphatic hydroxyl groups is 1. The fourth-order valence-electron chi connectivity index (χ4n) is 5.66. The summed E-state index contributed by atoms with van der Waals surface area (Å²) in [5, 5.41) is 16.5. The van der Waals surface area contributed by atoms with Crippen molar-refractivity contribution in [3.05, 3.63) is 34.5 Å². The summed E-state index contributed by atoms with van der Waals surface area (Å²) < 4.78 is 2.35. The average molecular weight is 497 g/mol. The zero-order valence-corrected chi connectivity index (χ0v) is 21.5. The summed E-state index contributed by atoms with van der Waals surface area (Å²) in [6, 6.07) is 0.668. The molecule has 3 aromatic heterocycles. The van der Waals surface area contributed by atoms with Crippen molar-refractivity contribution in [2.24, 2.45) is 0 Å². The van der Waals surface area contributed by atoms with Crippen molar-refractivity contribution < 1.29 is 9.90 Å². The Morgan fingerprint density at radius 2 is 1.97 bits per heavy atom. The number of carbonyl (C=O) groups excluding carboxylic acids is 1. The van der Waals surface area contributed by atoms with E-state index in [1.165, 1.54) is 16.9 Å². The van der Waals surface area contributed by atoms with Crippen LogP contribution in [-0.2, 0) is 0 Å². The van der Waals surface area contributed by atoms with Crippen LogP contribution in [0.4, 0.5) is 5.95 Å². The smallest absolute Gasteiger partial charge is 0.273 e. The summed E-state index contributed by atoms with van der Waals surface area (Å²) in [5.74, 6) is 1.09. The Balaban J connectivity index is 1.40. The Morgan fingerprint density at radius 3 is 2.66 bits per heavy atom. The van der Waals surface area contributed by atoms with Crippen LogP contribution in [0, 0.1) is 0 Å². The SMILES string of the molecule is CCC[C@H](C)Nc1ncc2c(C3CCN(C(=O)c4cscn4)CC3)cn(C3CCC(O)CC3)c2n1. The number of aliphatic hydroxyl groups excluding tert-OH is 1. The number of rotatable bonds is 7. The molecule has 0 bridgehead atoms. The van der Waals surface area contributed by atoms with Crippen LogP contribution in [0.25, 0.3) is 11.0 Å². The predicted octanol–water partition coefficient (Wildman–Crippen LogP) is 4.98. The Kier molecular flexibility index (Phi) is 7.34. The molecule has 0 radical (unpaired) electrons. The lowest BCUT2D eigenvalue weighted by Gasteiger charge is -2.31. The zero-order chi connectivity index (χ0) is 24.4. The van der Waals surface area contributed by atoms with Gasteiger partial charge in [0.05, 0.1) is 11.6 Å². The molecule has 35 heavy (non-hydrogen) atoms. The van der Waals surface area contributed by atoms with Crippen LogP contribution in [0.3, 0.4) is 0 Å². The standard InChI is InChI=1S/C26H36N6O2S/c1-3-4-17(2)29-26-27-13-21-22(14-32(24(21)30-26)19-5-7-20(33)8-6-19)18-9-11-31(12-10-18)25(34)23-15-35-16-28-23/h13-20,33H,3-12H2,1-2H3,(H,27,29,30)/t17-,19?,20?/m0/s1. The van der Waals surface area contributed by atoms with E-state index in [9.17, 15) is 9.90 Å². The van der Waals surface area contributed by atoms with E-state index in [-0.39, 0.29) is 12.0 Å². The van der Waals surface area contributed by atoms with Crippen molar-refractivity contribution in [2.75, 3.05) is 18.4 Å². The molecule has 1 saturated carbocycles. The molecule has 0 spiro atoms. The van der Waals surface area contributed by atoms with Gasteiger partial charge in [0.1, 0.15) is 11.3 Å². The minimum absolute atomic E-state index is 0.0353. The molecule has 3 aromatic rings. The van der Waals surface area contributed by atoms with Crippen LogP contribution in [0.15, 0.2) is 23.3 Å². The zero-order valence-electron chi connectivity index (χ0n) is 20.7. The topological polar surface area (TPSA) is 96.2 Å². The molecule has 1 aliphatic heterocycles. The number of fused-ring (bicyclic) bond motifs is 1. The number of aromatic nitrogens is 4. The molecule has 1 saturated heterocycles. The van der Waals surface area contributed by atoms with Crippen LogP contribution in [0.2, 0.25) is 0 Å². The first-order valence-corrected chi connectivity index (χ1v) is 14.0. The number of anilines is 1. The molecule has 2 N–H and O–H groups in total. The van der Waals surface area contributed by atoms with Crippen molar-refractivity contribution in [1.29, 1.82) is 0 Å². The first-order valence-electron chi connectivity index (χ1n) is 13.0. The van der Waals surface area contributed by atoms with Crippen LogP contribution < -0.4 is 5.32 Å². The minimum atomic E-state index is -0.186. The molecule has 0 unspecified atom stereocenters. The molecular weight excluding hydrogens is 460 g/mol.